The Morgan fingerprint density at radius 3 is 2.58 bits per heavy atom. The Labute approximate surface area is 116 Å². The van der Waals surface area contributed by atoms with Gasteiger partial charge in [-0.15, -0.1) is 0 Å². The molecule has 0 atom stereocenters. The van der Waals surface area contributed by atoms with Crippen LogP contribution >= 0.6 is 11.6 Å². The molecule has 2 rings (SSSR count). The van der Waals surface area contributed by atoms with Crippen molar-refractivity contribution < 1.29 is 13.2 Å². The number of benzene rings is 1. The first-order valence-electron chi connectivity index (χ1n) is 5.34. The highest BCUT2D eigenvalue weighted by atomic mass is 35.5. The molecule has 0 aliphatic carbocycles. The van der Waals surface area contributed by atoms with Crippen molar-refractivity contribution in [2.75, 3.05) is 6.26 Å². The lowest BCUT2D eigenvalue weighted by Crippen LogP contribution is -1.98. The lowest BCUT2D eigenvalue weighted by molar-refractivity contribution is 0.459. The second-order valence-electron chi connectivity index (χ2n) is 3.97. The number of nitrogens with zero attached hydrogens (tertiary/aromatic N) is 2. The molecular formula is C12H11ClN2O3S. The van der Waals surface area contributed by atoms with Crippen LogP contribution in [0.5, 0.6) is 11.6 Å². The SMILES string of the molecule is Cc1cc(Oc2cccc(S(C)(=O)=O)c2)nc(Cl)n1. The van der Waals surface area contributed by atoms with E-state index in [2.05, 4.69) is 9.97 Å². The Kier molecular flexibility index (Phi) is 3.73. The van der Waals surface area contributed by atoms with Gasteiger partial charge in [0.05, 0.1) is 4.90 Å². The standard InChI is InChI=1S/C12H11ClN2O3S/c1-8-6-11(15-12(13)14-8)18-9-4-3-5-10(7-9)19(2,16)17/h3-7H,1-2H3. The van der Waals surface area contributed by atoms with Gasteiger partial charge in [-0.3, -0.25) is 0 Å². The van der Waals surface area contributed by atoms with Crippen molar-refractivity contribution in [2.45, 2.75) is 11.8 Å². The van der Waals surface area contributed by atoms with Crippen LogP contribution in [0.15, 0.2) is 35.2 Å². The molecule has 0 N–H and O–H groups in total. The first-order valence-corrected chi connectivity index (χ1v) is 7.61. The maximum Gasteiger partial charge on any atom is 0.225 e. The first-order chi connectivity index (χ1) is 8.84. The maximum absolute atomic E-state index is 11.4. The maximum atomic E-state index is 11.4. The molecular weight excluding hydrogens is 288 g/mol. The summed E-state index contributed by atoms with van der Waals surface area (Å²) in [5.74, 6) is 0.639. The molecule has 0 saturated heterocycles. The summed E-state index contributed by atoms with van der Waals surface area (Å²) in [6.45, 7) is 1.76. The van der Waals surface area contributed by atoms with E-state index in [1.807, 2.05) is 0 Å². The lowest BCUT2D eigenvalue weighted by Gasteiger charge is -2.06. The predicted molar refractivity (Wildman–Crippen MR) is 71.4 cm³/mol. The number of halogens is 1. The van der Waals surface area contributed by atoms with Gasteiger partial charge in [-0.2, -0.15) is 4.98 Å². The minimum absolute atomic E-state index is 0.0780. The number of aryl methyl sites for hydroxylation is 1. The third kappa shape index (κ3) is 3.65. The number of ether oxygens (including phenoxy) is 1. The summed E-state index contributed by atoms with van der Waals surface area (Å²) in [7, 11) is -3.27. The molecule has 1 aromatic carbocycles. The van der Waals surface area contributed by atoms with E-state index in [0.717, 1.165) is 6.26 Å². The first kappa shape index (κ1) is 13.8. The van der Waals surface area contributed by atoms with Crippen LogP contribution in [0.3, 0.4) is 0 Å². The molecule has 7 heteroatoms. The summed E-state index contributed by atoms with van der Waals surface area (Å²) in [6, 6.07) is 7.78. The van der Waals surface area contributed by atoms with Gasteiger partial charge >= 0.3 is 0 Å². The van der Waals surface area contributed by atoms with E-state index in [9.17, 15) is 8.42 Å². The Morgan fingerprint density at radius 1 is 1.21 bits per heavy atom. The zero-order valence-corrected chi connectivity index (χ0v) is 11.9. The van der Waals surface area contributed by atoms with Gasteiger partial charge in [-0.05, 0) is 36.7 Å². The number of sulfone groups is 1. The summed E-state index contributed by atoms with van der Waals surface area (Å²) >= 11 is 5.72. The van der Waals surface area contributed by atoms with Gasteiger partial charge in [0.2, 0.25) is 11.2 Å². The van der Waals surface area contributed by atoms with Crippen LogP contribution < -0.4 is 4.74 Å². The molecule has 0 amide bonds. The Bertz CT molecular complexity index is 696. The molecule has 2 aromatic rings. The van der Waals surface area contributed by atoms with E-state index in [1.165, 1.54) is 12.1 Å². The number of aromatic nitrogens is 2. The minimum atomic E-state index is -3.27. The van der Waals surface area contributed by atoms with Gasteiger partial charge in [-0.1, -0.05) is 6.07 Å². The van der Waals surface area contributed by atoms with Crippen LogP contribution in [0.1, 0.15) is 5.69 Å². The number of hydrogen-bond donors (Lipinski definition) is 0. The van der Waals surface area contributed by atoms with Crippen LogP contribution in [0.4, 0.5) is 0 Å². The monoisotopic (exact) mass is 298 g/mol. The fourth-order valence-corrected chi connectivity index (χ4v) is 2.32. The zero-order chi connectivity index (χ0) is 14.0. The fraction of sp³-hybridized carbons (Fsp3) is 0.167. The number of hydrogen-bond acceptors (Lipinski definition) is 5. The molecule has 0 fully saturated rings. The lowest BCUT2D eigenvalue weighted by atomic mass is 10.3. The van der Waals surface area contributed by atoms with Crippen molar-refractivity contribution in [3.05, 3.63) is 41.3 Å². The molecule has 0 unspecified atom stereocenters. The molecule has 0 aliphatic heterocycles. The van der Waals surface area contributed by atoms with Gasteiger partial charge < -0.3 is 4.74 Å². The highest BCUT2D eigenvalue weighted by Gasteiger charge is 2.09. The third-order valence-corrected chi connectivity index (χ3v) is 3.54. The van der Waals surface area contributed by atoms with Gasteiger partial charge in [0.1, 0.15) is 5.75 Å². The summed E-state index contributed by atoms with van der Waals surface area (Å²) in [6.07, 6.45) is 1.14. The summed E-state index contributed by atoms with van der Waals surface area (Å²) in [5, 5.41) is 0.0780. The smallest absolute Gasteiger partial charge is 0.225 e. The van der Waals surface area contributed by atoms with Crippen LogP contribution in [-0.4, -0.2) is 24.6 Å². The minimum Gasteiger partial charge on any atom is -0.439 e. The molecule has 1 heterocycles. The fourth-order valence-electron chi connectivity index (χ4n) is 1.45. The zero-order valence-electron chi connectivity index (χ0n) is 10.3. The van der Waals surface area contributed by atoms with Crippen molar-refractivity contribution in [2.24, 2.45) is 0 Å². The quantitative estimate of drug-likeness (QED) is 0.815. The summed E-state index contributed by atoms with van der Waals surface area (Å²) < 4.78 is 28.4. The Hall–Kier alpha value is -1.66. The average molecular weight is 299 g/mol. The van der Waals surface area contributed by atoms with E-state index < -0.39 is 9.84 Å². The van der Waals surface area contributed by atoms with Gasteiger partial charge in [0.25, 0.3) is 0 Å². The van der Waals surface area contributed by atoms with Crippen LogP contribution in [-0.2, 0) is 9.84 Å². The largest absolute Gasteiger partial charge is 0.439 e. The molecule has 19 heavy (non-hydrogen) atoms. The van der Waals surface area contributed by atoms with Gasteiger partial charge in [0, 0.05) is 18.0 Å². The van der Waals surface area contributed by atoms with Crippen molar-refractivity contribution >= 4 is 21.4 Å². The Morgan fingerprint density at radius 2 is 1.95 bits per heavy atom. The Balaban J connectivity index is 2.33. The van der Waals surface area contributed by atoms with Crippen molar-refractivity contribution in [3.8, 4) is 11.6 Å². The number of rotatable bonds is 3. The van der Waals surface area contributed by atoms with Crippen molar-refractivity contribution in [1.82, 2.24) is 9.97 Å². The van der Waals surface area contributed by atoms with Crippen LogP contribution in [0.2, 0.25) is 5.28 Å². The molecule has 0 aliphatic rings. The van der Waals surface area contributed by atoms with Gasteiger partial charge in [-0.25, -0.2) is 13.4 Å². The molecule has 0 bridgehead atoms. The van der Waals surface area contributed by atoms with E-state index in [1.54, 1.807) is 25.1 Å². The molecule has 0 spiro atoms. The second-order valence-corrected chi connectivity index (χ2v) is 6.32. The topological polar surface area (TPSA) is 69.2 Å². The van der Waals surface area contributed by atoms with E-state index in [4.69, 9.17) is 16.3 Å². The highest BCUT2D eigenvalue weighted by Crippen LogP contribution is 2.23. The molecule has 0 radical (unpaired) electrons. The average Bonchev–Trinajstić information content (AvgIpc) is 2.26. The highest BCUT2D eigenvalue weighted by molar-refractivity contribution is 7.90. The predicted octanol–water partition coefficient (Wildman–Crippen LogP) is 2.63. The molecule has 5 nitrogen and oxygen atoms in total. The van der Waals surface area contributed by atoms with Crippen molar-refractivity contribution in [3.63, 3.8) is 0 Å². The van der Waals surface area contributed by atoms with Crippen LogP contribution in [0.25, 0.3) is 0 Å². The van der Waals surface area contributed by atoms with E-state index in [-0.39, 0.29) is 16.1 Å². The van der Waals surface area contributed by atoms with Crippen LogP contribution in [0, 0.1) is 6.92 Å². The van der Waals surface area contributed by atoms with E-state index in [0.29, 0.717) is 11.4 Å². The molecule has 1 aromatic heterocycles. The summed E-state index contributed by atoms with van der Waals surface area (Å²) in [4.78, 5) is 8.00. The molecule has 100 valence electrons. The van der Waals surface area contributed by atoms with E-state index >= 15 is 0 Å². The normalized spacial score (nSPS) is 11.3. The summed E-state index contributed by atoms with van der Waals surface area (Å²) in [5.41, 5.74) is 0.661. The third-order valence-electron chi connectivity index (χ3n) is 2.26. The van der Waals surface area contributed by atoms with Crippen molar-refractivity contribution in [1.29, 1.82) is 0 Å². The molecule has 0 saturated carbocycles. The van der Waals surface area contributed by atoms with Gasteiger partial charge in [0.15, 0.2) is 9.84 Å². The second kappa shape index (κ2) is 5.14.